The van der Waals surface area contributed by atoms with E-state index in [1.165, 1.54) is 16.9 Å². The van der Waals surface area contributed by atoms with E-state index in [9.17, 15) is 9.59 Å². The van der Waals surface area contributed by atoms with Crippen molar-refractivity contribution >= 4 is 22.6 Å². The number of hydrogen-bond donors (Lipinski definition) is 2. The summed E-state index contributed by atoms with van der Waals surface area (Å²) in [6, 6.07) is 18.9. The van der Waals surface area contributed by atoms with Gasteiger partial charge >= 0.3 is 0 Å². The van der Waals surface area contributed by atoms with Crippen LogP contribution in [0.2, 0.25) is 0 Å². The molecule has 0 aliphatic rings. The van der Waals surface area contributed by atoms with Crippen molar-refractivity contribution < 1.29 is 14.3 Å². The van der Waals surface area contributed by atoms with Gasteiger partial charge in [0.1, 0.15) is 22.9 Å². The van der Waals surface area contributed by atoms with Crippen molar-refractivity contribution in [1.29, 1.82) is 0 Å². The van der Waals surface area contributed by atoms with Crippen LogP contribution in [0.4, 0.5) is 5.69 Å². The molecule has 5 rings (SSSR count). The van der Waals surface area contributed by atoms with Crippen molar-refractivity contribution in [2.75, 3.05) is 12.4 Å². The van der Waals surface area contributed by atoms with E-state index < -0.39 is 11.3 Å². The summed E-state index contributed by atoms with van der Waals surface area (Å²) in [7, 11) is 1.58. The molecule has 0 radical (unpaired) electrons. The number of methoxy groups -OCH3 is 1. The third kappa shape index (κ3) is 4.22. The van der Waals surface area contributed by atoms with Gasteiger partial charge in [0.15, 0.2) is 5.69 Å². The molecule has 9 heteroatoms. The normalized spacial score (nSPS) is 10.7. The van der Waals surface area contributed by atoms with Crippen LogP contribution < -0.4 is 20.2 Å². The monoisotopic (exact) mass is 453 g/mol. The third-order valence-corrected chi connectivity index (χ3v) is 5.12. The van der Waals surface area contributed by atoms with Gasteiger partial charge in [0, 0.05) is 30.3 Å². The Balaban J connectivity index is 1.32. The zero-order valence-corrected chi connectivity index (χ0v) is 18.1. The Morgan fingerprint density at radius 3 is 2.50 bits per heavy atom. The minimum absolute atomic E-state index is 0.217. The maximum atomic E-state index is 12.8. The molecule has 0 aliphatic heterocycles. The quantitative estimate of drug-likeness (QED) is 0.399. The Bertz CT molecular complexity index is 1520. The molecule has 168 valence electrons. The van der Waals surface area contributed by atoms with E-state index in [1.54, 1.807) is 74.1 Å². The van der Waals surface area contributed by atoms with E-state index in [-0.39, 0.29) is 5.69 Å². The van der Waals surface area contributed by atoms with Crippen molar-refractivity contribution in [3.8, 4) is 22.9 Å². The van der Waals surface area contributed by atoms with Gasteiger partial charge in [-0.05, 0) is 60.7 Å². The summed E-state index contributed by atoms with van der Waals surface area (Å²) >= 11 is 0. The van der Waals surface area contributed by atoms with Gasteiger partial charge < -0.3 is 19.8 Å². The van der Waals surface area contributed by atoms with E-state index in [0.717, 1.165) is 11.0 Å². The zero-order valence-electron chi connectivity index (χ0n) is 18.1. The highest BCUT2D eigenvalue weighted by molar-refractivity contribution is 6.02. The molecule has 0 atom stereocenters. The highest BCUT2D eigenvalue weighted by Crippen LogP contribution is 2.28. The number of ether oxygens (including phenoxy) is 2. The van der Waals surface area contributed by atoms with E-state index in [1.807, 2.05) is 6.07 Å². The number of H-pyrrole nitrogens is 1. The fourth-order valence-electron chi connectivity index (χ4n) is 3.39. The smallest absolute Gasteiger partial charge is 0.280 e. The van der Waals surface area contributed by atoms with Gasteiger partial charge in [-0.1, -0.05) is 0 Å². The molecule has 0 spiro atoms. The van der Waals surface area contributed by atoms with Gasteiger partial charge in [-0.25, -0.2) is 9.67 Å². The van der Waals surface area contributed by atoms with Crippen molar-refractivity contribution in [3.63, 3.8) is 0 Å². The van der Waals surface area contributed by atoms with Crippen LogP contribution in [0.3, 0.4) is 0 Å². The molecule has 2 aromatic carbocycles. The number of fused-ring (bicyclic) bond motifs is 1. The van der Waals surface area contributed by atoms with Gasteiger partial charge in [0.2, 0.25) is 5.43 Å². The molecule has 2 N–H and O–H groups in total. The van der Waals surface area contributed by atoms with E-state index in [0.29, 0.717) is 28.6 Å². The molecule has 0 aliphatic carbocycles. The number of hydrogen-bond acceptors (Lipinski definition) is 6. The van der Waals surface area contributed by atoms with E-state index in [4.69, 9.17) is 9.47 Å². The summed E-state index contributed by atoms with van der Waals surface area (Å²) in [5.74, 6) is 1.34. The van der Waals surface area contributed by atoms with Crippen LogP contribution in [0.15, 0.2) is 90.1 Å². The maximum Gasteiger partial charge on any atom is 0.280 e. The van der Waals surface area contributed by atoms with Crippen molar-refractivity contribution in [2.45, 2.75) is 0 Å². The van der Waals surface area contributed by atoms with E-state index in [2.05, 4.69) is 20.4 Å². The first-order valence-electron chi connectivity index (χ1n) is 10.4. The number of benzene rings is 2. The van der Waals surface area contributed by atoms with Crippen LogP contribution in [0.1, 0.15) is 10.5 Å². The summed E-state index contributed by atoms with van der Waals surface area (Å²) < 4.78 is 12.6. The summed E-state index contributed by atoms with van der Waals surface area (Å²) in [6.45, 7) is 0. The maximum absolute atomic E-state index is 12.8. The number of amides is 1. The average molecular weight is 453 g/mol. The molecule has 3 heterocycles. The molecule has 0 unspecified atom stereocenters. The Hall–Kier alpha value is -4.92. The predicted molar refractivity (Wildman–Crippen MR) is 127 cm³/mol. The van der Waals surface area contributed by atoms with Crippen LogP contribution in [0, 0.1) is 0 Å². The number of aromatic amines is 1. The highest BCUT2D eigenvalue weighted by atomic mass is 16.5. The number of nitrogens with one attached hydrogen (secondary N) is 2. The topological polar surface area (TPSA) is 111 Å². The second-order valence-corrected chi connectivity index (χ2v) is 7.30. The van der Waals surface area contributed by atoms with Crippen LogP contribution in [0.25, 0.3) is 16.7 Å². The molecule has 0 saturated carbocycles. The Labute approximate surface area is 193 Å². The fraction of sp³-hybridized carbons (Fsp3) is 0.0400. The van der Waals surface area contributed by atoms with Crippen molar-refractivity contribution in [2.24, 2.45) is 0 Å². The molecule has 5 aromatic rings. The largest absolute Gasteiger partial charge is 0.497 e. The number of carbonyl (C=O) groups excluding carboxylic acids is 1. The Morgan fingerprint density at radius 1 is 0.971 bits per heavy atom. The number of anilines is 1. The van der Waals surface area contributed by atoms with Crippen LogP contribution in [-0.2, 0) is 0 Å². The van der Waals surface area contributed by atoms with Gasteiger partial charge in [-0.15, -0.1) is 0 Å². The van der Waals surface area contributed by atoms with Gasteiger partial charge in [0.25, 0.3) is 5.91 Å². The minimum Gasteiger partial charge on any atom is -0.497 e. The first-order chi connectivity index (χ1) is 16.6. The molecule has 3 aromatic heterocycles. The molecule has 0 fully saturated rings. The molecular weight excluding hydrogens is 434 g/mol. The fourth-order valence-corrected chi connectivity index (χ4v) is 3.39. The molecule has 0 bridgehead atoms. The molecule has 34 heavy (non-hydrogen) atoms. The van der Waals surface area contributed by atoms with Crippen LogP contribution in [-0.4, -0.2) is 32.8 Å². The average Bonchev–Trinajstić information content (AvgIpc) is 3.36. The van der Waals surface area contributed by atoms with Crippen LogP contribution >= 0.6 is 0 Å². The molecular formula is C25H19N5O4. The van der Waals surface area contributed by atoms with Gasteiger partial charge in [-0.2, -0.15) is 5.10 Å². The second kappa shape index (κ2) is 8.91. The Kier molecular flexibility index (Phi) is 5.49. The summed E-state index contributed by atoms with van der Waals surface area (Å²) in [6.07, 6.45) is 4.96. The Morgan fingerprint density at radius 2 is 1.74 bits per heavy atom. The first kappa shape index (κ1) is 21.0. The predicted octanol–water partition coefficient (Wildman–Crippen LogP) is 4.16. The summed E-state index contributed by atoms with van der Waals surface area (Å²) in [4.78, 5) is 32.3. The molecule has 0 saturated heterocycles. The highest BCUT2D eigenvalue weighted by Gasteiger charge is 2.14. The molecule has 1 amide bonds. The molecule has 9 nitrogen and oxygen atoms in total. The first-order valence-corrected chi connectivity index (χ1v) is 10.4. The summed E-state index contributed by atoms with van der Waals surface area (Å²) in [5, 5.41) is 7.78. The lowest BCUT2D eigenvalue weighted by Crippen LogP contribution is -2.25. The number of nitrogens with zero attached hydrogens (tertiary/aromatic N) is 3. The lowest BCUT2D eigenvalue weighted by molar-refractivity contribution is 0.101. The third-order valence-electron chi connectivity index (χ3n) is 5.12. The van der Waals surface area contributed by atoms with Crippen molar-refractivity contribution in [3.05, 3.63) is 101 Å². The standard InChI is InChI=1S/C25H19N5O4/c1-33-18-8-4-17(5-9-18)30-15-12-21(31)23(29-30)25(32)28-16-2-6-19(7-3-16)34-22-11-14-27-24-20(22)10-13-26-24/h2-15H,1H3,(H,26,27)(H,28,32). The van der Waals surface area contributed by atoms with Gasteiger partial charge in [-0.3, -0.25) is 9.59 Å². The number of pyridine rings is 1. The number of aromatic nitrogens is 4. The van der Waals surface area contributed by atoms with Crippen molar-refractivity contribution in [1.82, 2.24) is 19.7 Å². The number of carbonyl (C=O) groups is 1. The lowest BCUT2D eigenvalue weighted by Gasteiger charge is -2.10. The van der Waals surface area contributed by atoms with Gasteiger partial charge in [0.05, 0.1) is 18.2 Å². The minimum atomic E-state index is -0.607. The lowest BCUT2D eigenvalue weighted by atomic mass is 10.2. The summed E-state index contributed by atoms with van der Waals surface area (Å²) in [5.41, 5.74) is 1.22. The number of rotatable bonds is 6. The SMILES string of the molecule is COc1ccc(-n2ccc(=O)c(C(=O)Nc3ccc(Oc4ccnc5[nH]ccc45)cc3)n2)cc1. The van der Waals surface area contributed by atoms with Crippen LogP contribution in [0.5, 0.6) is 17.2 Å². The zero-order chi connectivity index (χ0) is 23.5. The van der Waals surface area contributed by atoms with E-state index >= 15 is 0 Å². The second-order valence-electron chi connectivity index (χ2n) is 7.30.